The molecule has 1 fully saturated rings. The van der Waals surface area contributed by atoms with E-state index in [0.29, 0.717) is 13.1 Å². The Balaban J connectivity index is 2.07. The van der Waals surface area contributed by atoms with E-state index in [2.05, 4.69) is 9.73 Å². The predicted molar refractivity (Wildman–Crippen MR) is 70.7 cm³/mol. The van der Waals surface area contributed by atoms with Gasteiger partial charge in [0.1, 0.15) is 4.21 Å². The number of carboxylic acid groups (broad SMARTS) is 1. The number of hydrogen-bond acceptors (Lipinski definition) is 6. The van der Waals surface area contributed by atoms with Crippen LogP contribution in [0, 0.1) is 0 Å². The fourth-order valence-corrected chi connectivity index (χ4v) is 3.95. The summed E-state index contributed by atoms with van der Waals surface area (Å²) in [6.45, 7) is 2.78. The number of rotatable bonds is 4. The van der Waals surface area contributed by atoms with Crippen molar-refractivity contribution in [1.82, 2.24) is 14.7 Å². The zero-order valence-electron chi connectivity index (χ0n) is 10.4. The minimum atomic E-state index is -3.68. The van der Waals surface area contributed by atoms with Crippen molar-refractivity contribution in [3.8, 4) is 0 Å². The maximum absolute atomic E-state index is 12.1. The van der Waals surface area contributed by atoms with Crippen molar-refractivity contribution in [2.75, 3.05) is 33.2 Å². The maximum atomic E-state index is 12.1. The summed E-state index contributed by atoms with van der Waals surface area (Å²) in [5.41, 5.74) is -0.0104. The maximum Gasteiger partial charge on any atom is 0.336 e. The van der Waals surface area contributed by atoms with Gasteiger partial charge in [0, 0.05) is 31.6 Å². The molecule has 1 aliphatic heterocycles. The molecule has 0 amide bonds. The summed E-state index contributed by atoms with van der Waals surface area (Å²) in [6, 6.07) is 1.17. The number of hydrazine groups is 1. The number of nitrogens with one attached hydrogen (secondary N) is 1. The zero-order valence-corrected chi connectivity index (χ0v) is 12.0. The van der Waals surface area contributed by atoms with Gasteiger partial charge in [-0.15, -0.1) is 16.2 Å². The van der Waals surface area contributed by atoms with Crippen LogP contribution < -0.4 is 4.83 Å². The van der Waals surface area contributed by atoms with Crippen molar-refractivity contribution in [3.05, 3.63) is 17.0 Å². The third-order valence-electron chi connectivity index (χ3n) is 2.84. The SMILES string of the molecule is CN1CCN(NS(=O)(=O)c2cc(C(=O)O)cs2)CC1. The van der Waals surface area contributed by atoms with Gasteiger partial charge in [-0.3, -0.25) is 0 Å². The largest absolute Gasteiger partial charge is 0.478 e. The Morgan fingerprint density at radius 2 is 2.00 bits per heavy atom. The summed E-state index contributed by atoms with van der Waals surface area (Å²) < 4.78 is 24.2. The van der Waals surface area contributed by atoms with E-state index in [0.717, 1.165) is 24.4 Å². The number of carbonyl (C=O) groups is 1. The number of piperazine rings is 1. The van der Waals surface area contributed by atoms with Crippen molar-refractivity contribution < 1.29 is 18.3 Å². The highest BCUT2D eigenvalue weighted by Crippen LogP contribution is 2.20. The molecular formula is C10H15N3O4S2. The summed E-state index contributed by atoms with van der Waals surface area (Å²) >= 11 is 0.906. The smallest absolute Gasteiger partial charge is 0.336 e. The van der Waals surface area contributed by atoms with Crippen LogP contribution in [0.4, 0.5) is 0 Å². The van der Waals surface area contributed by atoms with E-state index < -0.39 is 16.0 Å². The summed E-state index contributed by atoms with van der Waals surface area (Å²) in [6.07, 6.45) is 0. The van der Waals surface area contributed by atoms with Gasteiger partial charge >= 0.3 is 5.97 Å². The first-order valence-corrected chi connectivity index (χ1v) is 8.02. The quantitative estimate of drug-likeness (QED) is 0.806. The molecule has 7 nitrogen and oxygen atoms in total. The van der Waals surface area contributed by atoms with Gasteiger partial charge in [-0.25, -0.2) is 18.2 Å². The highest BCUT2D eigenvalue weighted by Gasteiger charge is 2.23. The van der Waals surface area contributed by atoms with Gasteiger partial charge in [-0.05, 0) is 13.1 Å². The fourth-order valence-electron chi connectivity index (χ4n) is 1.68. The molecule has 0 aliphatic carbocycles. The van der Waals surface area contributed by atoms with Crippen molar-refractivity contribution >= 4 is 27.3 Å². The van der Waals surface area contributed by atoms with Crippen molar-refractivity contribution in [2.45, 2.75) is 4.21 Å². The van der Waals surface area contributed by atoms with Crippen molar-refractivity contribution in [1.29, 1.82) is 0 Å². The molecule has 106 valence electrons. The Hall–Kier alpha value is -1.00. The second kappa shape index (κ2) is 5.55. The molecule has 0 saturated carbocycles. The van der Waals surface area contributed by atoms with Crippen LogP contribution in [0.5, 0.6) is 0 Å². The van der Waals surface area contributed by atoms with E-state index in [9.17, 15) is 13.2 Å². The molecule has 0 aromatic carbocycles. The molecule has 2 heterocycles. The lowest BCUT2D eigenvalue weighted by Gasteiger charge is -2.31. The van der Waals surface area contributed by atoms with Gasteiger partial charge in [-0.2, -0.15) is 0 Å². The lowest BCUT2D eigenvalue weighted by Crippen LogP contribution is -2.52. The first kappa shape index (κ1) is 14.4. The molecule has 2 rings (SSSR count). The van der Waals surface area contributed by atoms with E-state index >= 15 is 0 Å². The van der Waals surface area contributed by atoms with Gasteiger partial charge in [-0.1, -0.05) is 0 Å². The first-order chi connectivity index (χ1) is 8.88. The Morgan fingerprint density at radius 1 is 1.37 bits per heavy atom. The zero-order chi connectivity index (χ0) is 14.0. The highest BCUT2D eigenvalue weighted by atomic mass is 32.2. The van der Waals surface area contributed by atoms with Crippen molar-refractivity contribution in [2.24, 2.45) is 0 Å². The molecule has 19 heavy (non-hydrogen) atoms. The average Bonchev–Trinajstić information content (AvgIpc) is 2.82. The third-order valence-corrected chi connectivity index (χ3v) is 5.65. The molecule has 1 aromatic heterocycles. The standard InChI is InChI=1S/C10H15N3O4S2/c1-12-2-4-13(5-3-12)11-19(16,17)9-6-8(7-18-9)10(14)15/h6-7,11H,2-5H2,1H3,(H,14,15). The van der Waals surface area contributed by atoms with Crippen LogP contribution in [-0.2, 0) is 10.0 Å². The second-order valence-corrected chi connectivity index (χ2v) is 7.14. The van der Waals surface area contributed by atoms with Crippen LogP contribution in [0.3, 0.4) is 0 Å². The van der Waals surface area contributed by atoms with E-state index in [4.69, 9.17) is 5.11 Å². The summed E-state index contributed by atoms with van der Waals surface area (Å²) in [7, 11) is -1.70. The lowest BCUT2D eigenvalue weighted by atomic mass is 10.4. The number of hydrogen-bond donors (Lipinski definition) is 2. The van der Waals surface area contributed by atoms with E-state index in [1.807, 2.05) is 7.05 Å². The Labute approximate surface area is 115 Å². The van der Waals surface area contributed by atoms with Gasteiger partial charge in [0.05, 0.1) is 5.56 Å². The molecule has 0 atom stereocenters. The van der Waals surface area contributed by atoms with Crippen LogP contribution in [0.1, 0.15) is 10.4 Å². The number of aromatic carboxylic acids is 1. The number of likely N-dealkylation sites (N-methyl/N-ethyl adjacent to an activating group) is 1. The third kappa shape index (κ3) is 3.51. The van der Waals surface area contributed by atoms with E-state index in [1.54, 1.807) is 5.01 Å². The Kier molecular flexibility index (Phi) is 4.21. The lowest BCUT2D eigenvalue weighted by molar-refractivity contribution is 0.0697. The van der Waals surface area contributed by atoms with Gasteiger partial charge in [0.15, 0.2) is 0 Å². The average molecular weight is 305 g/mol. The van der Waals surface area contributed by atoms with Crippen LogP contribution in [0.25, 0.3) is 0 Å². The number of nitrogens with zero attached hydrogens (tertiary/aromatic N) is 2. The van der Waals surface area contributed by atoms with Crippen LogP contribution in [0.15, 0.2) is 15.7 Å². The van der Waals surface area contributed by atoms with E-state index in [-0.39, 0.29) is 9.77 Å². The summed E-state index contributed by atoms with van der Waals surface area (Å²) in [5, 5.41) is 11.7. The summed E-state index contributed by atoms with van der Waals surface area (Å²) in [5.74, 6) is -1.13. The Bertz CT molecular complexity index is 561. The molecule has 0 unspecified atom stereocenters. The van der Waals surface area contributed by atoms with E-state index in [1.165, 1.54) is 11.4 Å². The minimum Gasteiger partial charge on any atom is -0.478 e. The molecular weight excluding hydrogens is 290 g/mol. The summed E-state index contributed by atoms with van der Waals surface area (Å²) in [4.78, 5) is 15.3. The van der Waals surface area contributed by atoms with Crippen LogP contribution >= 0.6 is 11.3 Å². The number of thiophene rings is 1. The van der Waals surface area contributed by atoms with Gasteiger partial charge < -0.3 is 10.0 Å². The fraction of sp³-hybridized carbons (Fsp3) is 0.500. The molecule has 1 saturated heterocycles. The normalized spacial score (nSPS) is 18.6. The van der Waals surface area contributed by atoms with Crippen LogP contribution in [-0.4, -0.2) is 62.6 Å². The monoisotopic (exact) mass is 305 g/mol. The second-order valence-electron chi connectivity index (χ2n) is 4.34. The molecule has 2 N–H and O–H groups in total. The predicted octanol–water partition coefficient (Wildman–Crippen LogP) is -0.113. The molecule has 0 spiro atoms. The van der Waals surface area contributed by atoms with Gasteiger partial charge in [0.2, 0.25) is 0 Å². The Morgan fingerprint density at radius 3 is 2.53 bits per heavy atom. The molecule has 0 radical (unpaired) electrons. The number of carboxylic acids is 1. The molecule has 9 heteroatoms. The minimum absolute atomic E-state index is 0.0104. The van der Waals surface area contributed by atoms with Crippen molar-refractivity contribution in [3.63, 3.8) is 0 Å². The molecule has 0 bridgehead atoms. The first-order valence-electron chi connectivity index (χ1n) is 5.66. The topological polar surface area (TPSA) is 90.0 Å². The molecule has 1 aromatic rings. The highest BCUT2D eigenvalue weighted by molar-refractivity contribution is 7.91. The van der Waals surface area contributed by atoms with Crippen LogP contribution in [0.2, 0.25) is 0 Å². The van der Waals surface area contributed by atoms with Gasteiger partial charge in [0.25, 0.3) is 10.0 Å². The number of sulfonamides is 1. The molecule has 1 aliphatic rings.